The van der Waals surface area contributed by atoms with E-state index >= 15 is 0 Å². The molecule has 0 aliphatic rings. The maximum absolute atomic E-state index is 13.5. The van der Waals surface area contributed by atoms with E-state index < -0.39 is 11.6 Å². The summed E-state index contributed by atoms with van der Waals surface area (Å²) in [5.41, 5.74) is 0.392. The molecule has 6 heteroatoms. The van der Waals surface area contributed by atoms with E-state index in [2.05, 4.69) is 10.2 Å². The van der Waals surface area contributed by atoms with Crippen LogP contribution in [0.3, 0.4) is 0 Å². The van der Waals surface area contributed by atoms with Gasteiger partial charge in [0.25, 0.3) is 0 Å². The van der Waals surface area contributed by atoms with E-state index in [1.54, 1.807) is 18.0 Å². The van der Waals surface area contributed by atoms with Crippen molar-refractivity contribution in [1.82, 2.24) is 14.8 Å². The van der Waals surface area contributed by atoms with E-state index in [1.807, 2.05) is 0 Å². The van der Waals surface area contributed by atoms with Gasteiger partial charge in [-0.1, -0.05) is 6.07 Å². The smallest absolute Gasteiger partial charge is 0.137 e. The summed E-state index contributed by atoms with van der Waals surface area (Å²) in [6.45, 7) is 1.12. The minimum absolute atomic E-state index is 0.274. The highest BCUT2D eigenvalue weighted by Crippen LogP contribution is 2.13. The van der Waals surface area contributed by atoms with Crippen molar-refractivity contribution in [2.24, 2.45) is 0 Å². The SMILES string of the molecule is COCCn1cnnc1Cc1ccc(F)cc1F. The van der Waals surface area contributed by atoms with Crippen LogP contribution in [-0.2, 0) is 17.7 Å². The zero-order valence-corrected chi connectivity index (χ0v) is 9.94. The molecule has 0 radical (unpaired) electrons. The highest BCUT2D eigenvalue weighted by Gasteiger charge is 2.09. The Morgan fingerprint density at radius 3 is 2.89 bits per heavy atom. The van der Waals surface area contributed by atoms with Crippen LogP contribution in [0.15, 0.2) is 24.5 Å². The van der Waals surface area contributed by atoms with Gasteiger partial charge in [0.05, 0.1) is 6.61 Å². The maximum atomic E-state index is 13.5. The van der Waals surface area contributed by atoms with Crippen LogP contribution >= 0.6 is 0 Å². The number of hydrogen-bond acceptors (Lipinski definition) is 3. The standard InChI is InChI=1S/C12H13F2N3O/c1-18-5-4-17-8-15-16-12(17)6-9-2-3-10(13)7-11(9)14/h2-3,7-8H,4-6H2,1H3. The van der Waals surface area contributed by atoms with Gasteiger partial charge in [0.1, 0.15) is 23.8 Å². The third kappa shape index (κ3) is 2.89. The molecule has 0 N–H and O–H groups in total. The molecule has 18 heavy (non-hydrogen) atoms. The lowest BCUT2D eigenvalue weighted by Gasteiger charge is -2.06. The van der Waals surface area contributed by atoms with Crippen molar-refractivity contribution in [3.05, 3.63) is 47.5 Å². The molecule has 0 fully saturated rings. The van der Waals surface area contributed by atoms with Gasteiger partial charge in [0, 0.05) is 26.1 Å². The normalized spacial score (nSPS) is 10.8. The van der Waals surface area contributed by atoms with Crippen LogP contribution in [0.2, 0.25) is 0 Å². The molecular formula is C12H13F2N3O. The molecule has 0 unspecified atom stereocenters. The third-order valence-electron chi connectivity index (χ3n) is 2.60. The molecule has 0 aliphatic carbocycles. The highest BCUT2D eigenvalue weighted by atomic mass is 19.1. The molecule has 1 aromatic carbocycles. The Kier molecular flexibility index (Phi) is 3.99. The van der Waals surface area contributed by atoms with Crippen molar-refractivity contribution in [3.8, 4) is 0 Å². The van der Waals surface area contributed by atoms with Crippen LogP contribution in [0.4, 0.5) is 8.78 Å². The number of ether oxygens (including phenoxy) is 1. The van der Waals surface area contributed by atoms with Gasteiger partial charge < -0.3 is 9.30 Å². The van der Waals surface area contributed by atoms with Crippen molar-refractivity contribution >= 4 is 0 Å². The van der Waals surface area contributed by atoms with Gasteiger partial charge in [-0.25, -0.2) is 8.78 Å². The first-order valence-electron chi connectivity index (χ1n) is 5.50. The molecule has 96 valence electrons. The second kappa shape index (κ2) is 5.68. The van der Waals surface area contributed by atoms with Gasteiger partial charge >= 0.3 is 0 Å². The number of nitrogens with zero attached hydrogens (tertiary/aromatic N) is 3. The highest BCUT2D eigenvalue weighted by molar-refractivity contribution is 5.21. The van der Waals surface area contributed by atoms with Gasteiger partial charge in [0.2, 0.25) is 0 Å². The van der Waals surface area contributed by atoms with E-state index in [1.165, 1.54) is 12.1 Å². The number of benzene rings is 1. The minimum Gasteiger partial charge on any atom is -0.383 e. The average molecular weight is 253 g/mol. The number of hydrogen-bond donors (Lipinski definition) is 0. The largest absolute Gasteiger partial charge is 0.383 e. The lowest BCUT2D eigenvalue weighted by Crippen LogP contribution is -2.08. The van der Waals surface area contributed by atoms with Crippen molar-refractivity contribution in [2.75, 3.05) is 13.7 Å². The Morgan fingerprint density at radius 2 is 2.17 bits per heavy atom. The summed E-state index contributed by atoms with van der Waals surface area (Å²) in [7, 11) is 1.60. The first kappa shape index (κ1) is 12.6. The van der Waals surface area contributed by atoms with Crippen LogP contribution in [0.25, 0.3) is 0 Å². The van der Waals surface area contributed by atoms with Crippen molar-refractivity contribution in [2.45, 2.75) is 13.0 Å². The molecule has 0 atom stereocenters. The van der Waals surface area contributed by atoms with Crippen molar-refractivity contribution < 1.29 is 13.5 Å². The van der Waals surface area contributed by atoms with E-state index in [0.717, 1.165) is 6.07 Å². The summed E-state index contributed by atoms with van der Waals surface area (Å²) in [4.78, 5) is 0. The van der Waals surface area contributed by atoms with Gasteiger partial charge in [-0.2, -0.15) is 0 Å². The maximum Gasteiger partial charge on any atom is 0.137 e. The first-order valence-corrected chi connectivity index (χ1v) is 5.50. The molecule has 0 amide bonds. The van der Waals surface area contributed by atoms with Crippen LogP contribution in [0, 0.1) is 11.6 Å². The number of aromatic nitrogens is 3. The van der Waals surface area contributed by atoms with E-state index in [-0.39, 0.29) is 6.42 Å². The fourth-order valence-electron chi connectivity index (χ4n) is 1.63. The molecule has 0 aliphatic heterocycles. The fraction of sp³-hybridized carbons (Fsp3) is 0.333. The fourth-order valence-corrected chi connectivity index (χ4v) is 1.63. The molecule has 4 nitrogen and oxygen atoms in total. The van der Waals surface area contributed by atoms with Crippen molar-refractivity contribution in [1.29, 1.82) is 0 Å². The number of methoxy groups -OCH3 is 1. The lowest BCUT2D eigenvalue weighted by atomic mass is 10.1. The summed E-state index contributed by atoms with van der Waals surface area (Å²) < 4.78 is 33.0. The Bertz CT molecular complexity index is 528. The Balaban J connectivity index is 2.15. The van der Waals surface area contributed by atoms with Gasteiger partial charge in [-0.3, -0.25) is 0 Å². The topological polar surface area (TPSA) is 39.9 Å². The van der Waals surface area contributed by atoms with Gasteiger partial charge in [0.15, 0.2) is 0 Å². The monoisotopic (exact) mass is 253 g/mol. The molecule has 0 spiro atoms. The Labute approximate surface area is 103 Å². The molecule has 2 rings (SSSR count). The summed E-state index contributed by atoms with van der Waals surface area (Å²) in [6.07, 6.45) is 1.84. The molecule has 1 aromatic heterocycles. The van der Waals surface area contributed by atoms with Crippen LogP contribution in [-0.4, -0.2) is 28.5 Å². The summed E-state index contributed by atoms with van der Waals surface area (Å²) in [6, 6.07) is 3.51. The molecule has 1 heterocycles. The summed E-state index contributed by atoms with van der Waals surface area (Å²) in [5, 5.41) is 7.70. The van der Waals surface area contributed by atoms with Crippen molar-refractivity contribution in [3.63, 3.8) is 0 Å². The van der Waals surface area contributed by atoms with E-state index in [9.17, 15) is 8.78 Å². The Hall–Kier alpha value is -1.82. The van der Waals surface area contributed by atoms with Gasteiger partial charge in [-0.15, -0.1) is 10.2 Å². The predicted molar refractivity (Wildman–Crippen MR) is 61.1 cm³/mol. The quantitative estimate of drug-likeness (QED) is 0.815. The molecule has 2 aromatic rings. The first-order chi connectivity index (χ1) is 8.70. The molecular weight excluding hydrogens is 240 g/mol. The number of rotatable bonds is 5. The second-order valence-electron chi connectivity index (χ2n) is 3.85. The molecule has 0 saturated heterocycles. The second-order valence-corrected chi connectivity index (χ2v) is 3.85. The van der Waals surface area contributed by atoms with Gasteiger partial charge in [-0.05, 0) is 11.6 Å². The Morgan fingerprint density at radius 1 is 1.33 bits per heavy atom. The summed E-state index contributed by atoms with van der Waals surface area (Å²) >= 11 is 0. The third-order valence-corrected chi connectivity index (χ3v) is 2.60. The van der Waals surface area contributed by atoms with E-state index in [0.29, 0.717) is 24.5 Å². The van der Waals surface area contributed by atoms with Crippen LogP contribution in [0.1, 0.15) is 11.4 Å². The number of halogens is 2. The van der Waals surface area contributed by atoms with E-state index in [4.69, 9.17) is 4.74 Å². The zero-order chi connectivity index (χ0) is 13.0. The lowest BCUT2D eigenvalue weighted by molar-refractivity contribution is 0.186. The minimum atomic E-state index is -0.586. The zero-order valence-electron chi connectivity index (χ0n) is 9.94. The van der Waals surface area contributed by atoms with Crippen LogP contribution < -0.4 is 0 Å². The predicted octanol–water partition coefficient (Wildman–Crippen LogP) is 1.79. The molecule has 0 saturated carbocycles. The average Bonchev–Trinajstić information content (AvgIpc) is 2.77. The summed E-state index contributed by atoms with van der Waals surface area (Å²) in [5.74, 6) is -0.536. The van der Waals surface area contributed by atoms with Crippen LogP contribution in [0.5, 0.6) is 0 Å². The molecule has 0 bridgehead atoms.